The monoisotopic (exact) mass is 499 g/mol. The van der Waals surface area contributed by atoms with Gasteiger partial charge in [-0.1, -0.05) is 19.1 Å². The van der Waals surface area contributed by atoms with Crippen LogP contribution in [0.15, 0.2) is 29.3 Å². The molecule has 0 aliphatic carbocycles. The molecule has 1 aliphatic rings. The minimum atomic E-state index is -0.589. The number of aryl methyl sites for hydroxylation is 2. The Kier molecular flexibility index (Phi) is 6.86. The third-order valence-corrected chi connectivity index (χ3v) is 7.49. The van der Waals surface area contributed by atoms with Gasteiger partial charge in [0.25, 0.3) is 0 Å². The molecule has 10 heteroatoms. The lowest BCUT2D eigenvalue weighted by Gasteiger charge is -2.20. The Morgan fingerprint density at radius 2 is 2.03 bits per heavy atom. The van der Waals surface area contributed by atoms with Gasteiger partial charge in [-0.15, -0.1) is 33.1 Å². The van der Waals surface area contributed by atoms with Crippen LogP contribution in [-0.2, 0) is 14.3 Å². The summed E-state index contributed by atoms with van der Waals surface area (Å²) >= 11 is 7.32. The number of nitrogens with one attached hydrogen (secondary N) is 1. The molecule has 0 unspecified atom stereocenters. The summed E-state index contributed by atoms with van der Waals surface area (Å²) in [4.78, 5) is 30.9. The van der Waals surface area contributed by atoms with Crippen LogP contribution < -0.4 is 5.32 Å². The van der Waals surface area contributed by atoms with Gasteiger partial charge in [0.2, 0.25) is 5.91 Å². The van der Waals surface area contributed by atoms with Crippen LogP contribution in [0.4, 0.5) is 5.69 Å². The highest BCUT2D eigenvalue weighted by molar-refractivity contribution is 7.15. The second-order valence-corrected chi connectivity index (χ2v) is 9.60. The zero-order valence-corrected chi connectivity index (χ0v) is 21.3. The van der Waals surface area contributed by atoms with Gasteiger partial charge in [0.15, 0.2) is 5.82 Å². The van der Waals surface area contributed by atoms with E-state index in [1.54, 1.807) is 17.4 Å². The van der Waals surface area contributed by atoms with Gasteiger partial charge in [-0.2, -0.15) is 0 Å². The smallest absolute Gasteiger partial charge is 0.311 e. The summed E-state index contributed by atoms with van der Waals surface area (Å²) in [6.45, 7) is 7.97. The van der Waals surface area contributed by atoms with Crippen molar-refractivity contribution in [2.45, 2.75) is 40.2 Å². The summed E-state index contributed by atoms with van der Waals surface area (Å²) in [6, 6.07) is 6.89. The number of nitrogens with zero attached hydrogens (tertiary/aromatic N) is 4. The van der Waals surface area contributed by atoms with E-state index in [0.29, 0.717) is 17.9 Å². The Labute approximate surface area is 207 Å². The first-order chi connectivity index (χ1) is 16.3. The number of halogens is 1. The zero-order valence-electron chi connectivity index (χ0n) is 19.7. The minimum absolute atomic E-state index is 0.134. The Morgan fingerprint density at radius 3 is 2.71 bits per heavy atom. The van der Waals surface area contributed by atoms with E-state index in [2.05, 4.69) is 29.4 Å². The van der Waals surface area contributed by atoms with Crippen molar-refractivity contribution in [2.75, 3.05) is 18.3 Å². The number of anilines is 1. The molecule has 0 bridgehead atoms. The summed E-state index contributed by atoms with van der Waals surface area (Å²) in [5.74, 6) is 0.0354. The lowest BCUT2D eigenvalue weighted by Crippen LogP contribution is -2.24. The fraction of sp³-hybridized carbons (Fsp3) is 0.375. The van der Waals surface area contributed by atoms with Crippen LogP contribution in [0.5, 0.6) is 0 Å². The van der Waals surface area contributed by atoms with E-state index in [9.17, 15) is 9.59 Å². The van der Waals surface area contributed by atoms with Crippen LogP contribution in [-0.4, -0.2) is 45.3 Å². The summed E-state index contributed by atoms with van der Waals surface area (Å²) < 4.78 is 7.12. The molecule has 0 saturated carbocycles. The van der Waals surface area contributed by atoms with E-state index in [1.165, 1.54) is 7.11 Å². The van der Waals surface area contributed by atoms with Gasteiger partial charge in [-0.05, 0) is 44.9 Å². The number of benzene rings is 1. The number of amides is 1. The first-order valence-corrected chi connectivity index (χ1v) is 12.3. The van der Waals surface area contributed by atoms with Crippen LogP contribution >= 0.6 is 22.9 Å². The molecule has 178 valence electrons. The number of carbonyl (C=O) groups excluding carboxylic acids is 2. The van der Waals surface area contributed by atoms with Gasteiger partial charge in [0.05, 0.1) is 18.7 Å². The molecule has 0 radical (unpaired) electrons. The van der Waals surface area contributed by atoms with Crippen molar-refractivity contribution in [3.05, 3.63) is 57.5 Å². The van der Waals surface area contributed by atoms with Crippen LogP contribution in [0.1, 0.15) is 52.6 Å². The van der Waals surface area contributed by atoms with Gasteiger partial charge in [-0.3, -0.25) is 19.1 Å². The normalized spacial score (nSPS) is 15.6. The topological polar surface area (TPSA) is 98.5 Å². The Hall–Kier alpha value is -3.04. The maximum absolute atomic E-state index is 12.7. The van der Waals surface area contributed by atoms with Crippen molar-refractivity contribution in [3.8, 4) is 5.00 Å². The molecule has 34 heavy (non-hydrogen) atoms. The third kappa shape index (κ3) is 4.14. The second kappa shape index (κ2) is 9.68. The van der Waals surface area contributed by atoms with Crippen LogP contribution in [0.25, 0.3) is 5.00 Å². The number of aliphatic imine (C=N–C) groups is 1. The highest BCUT2D eigenvalue weighted by Gasteiger charge is 2.38. The van der Waals surface area contributed by atoms with Crippen molar-refractivity contribution in [1.82, 2.24) is 14.8 Å². The second-order valence-electron chi connectivity index (χ2n) is 8.13. The van der Waals surface area contributed by atoms with Gasteiger partial charge < -0.3 is 10.1 Å². The number of alkyl halides is 1. The largest absolute Gasteiger partial charge is 0.469 e. The van der Waals surface area contributed by atoms with Gasteiger partial charge >= 0.3 is 5.97 Å². The number of thiophene rings is 1. The van der Waals surface area contributed by atoms with Gasteiger partial charge in [0, 0.05) is 21.7 Å². The Morgan fingerprint density at radius 1 is 1.26 bits per heavy atom. The lowest BCUT2D eigenvalue weighted by atomic mass is 9.95. The number of rotatable bonds is 6. The molecule has 4 rings (SSSR count). The average Bonchev–Trinajstić information content (AvgIpc) is 3.30. The Balaban J connectivity index is 1.99. The van der Waals surface area contributed by atoms with E-state index in [1.807, 2.05) is 36.6 Å². The van der Waals surface area contributed by atoms with Crippen molar-refractivity contribution in [3.63, 3.8) is 0 Å². The molecule has 1 aliphatic heterocycles. The van der Waals surface area contributed by atoms with E-state index in [4.69, 9.17) is 21.3 Å². The fourth-order valence-electron chi connectivity index (χ4n) is 4.23. The molecule has 8 nitrogen and oxygen atoms in total. The van der Waals surface area contributed by atoms with Gasteiger partial charge in [0.1, 0.15) is 22.7 Å². The average molecular weight is 500 g/mol. The number of methoxy groups -OCH3 is 1. The molecule has 0 fully saturated rings. The van der Waals surface area contributed by atoms with Crippen LogP contribution in [0.2, 0.25) is 0 Å². The highest BCUT2D eigenvalue weighted by atomic mass is 35.5. The number of fused-ring (bicyclic) bond motifs is 3. The van der Waals surface area contributed by atoms with E-state index in [0.717, 1.165) is 38.1 Å². The fourth-order valence-corrected chi connectivity index (χ4v) is 5.51. The van der Waals surface area contributed by atoms with E-state index >= 15 is 0 Å². The number of hydrogen-bond donors (Lipinski definition) is 1. The molecular formula is C24H26ClN5O3S. The summed E-state index contributed by atoms with van der Waals surface area (Å²) in [7, 11) is 1.38. The van der Waals surface area contributed by atoms with E-state index < -0.39 is 12.0 Å². The minimum Gasteiger partial charge on any atom is -0.469 e. The highest BCUT2D eigenvalue weighted by Crippen LogP contribution is 2.41. The number of esters is 1. The first kappa shape index (κ1) is 24.1. The molecule has 0 saturated heterocycles. The number of carbonyl (C=O) groups is 2. The maximum atomic E-state index is 12.7. The lowest BCUT2D eigenvalue weighted by molar-refractivity contribution is -0.146. The van der Waals surface area contributed by atoms with E-state index in [-0.39, 0.29) is 17.8 Å². The molecular weight excluding hydrogens is 474 g/mol. The third-order valence-electron chi connectivity index (χ3n) is 6.06. The zero-order chi connectivity index (χ0) is 24.6. The molecule has 1 N–H and O–H groups in total. The SMILES string of the molecule is CC[C@@H](C(=O)OC)[C@@H]1N=C(c2cccc(NC(=O)CCl)c2)c2c(sc(C)c2C)-n2c(C)nnc21. The number of ether oxygens (including phenoxy) is 1. The van der Waals surface area contributed by atoms with Gasteiger partial charge in [-0.25, -0.2) is 0 Å². The maximum Gasteiger partial charge on any atom is 0.311 e. The molecule has 0 spiro atoms. The van der Waals surface area contributed by atoms with Crippen molar-refractivity contribution in [2.24, 2.45) is 10.9 Å². The van der Waals surface area contributed by atoms with Crippen LogP contribution in [0, 0.1) is 26.7 Å². The van der Waals surface area contributed by atoms with Crippen molar-refractivity contribution in [1.29, 1.82) is 0 Å². The molecule has 3 aromatic rings. The quantitative estimate of drug-likeness (QED) is 0.397. The van der Waals surface area contributed by atoms with Crippen molar-refractivity contribution >= 4 is 46.2 Å². The molecule has 1 aromatic carbocycles. The predicted octanol–water partition coefficient (Wildman–Crippen LogP) is 4.52. The standard InChI is InChI=1S/C24H26ClN5O3S/c1-6-17(24(32)33-5)21-22-29-28-14(4)30(22)23-19(12(2)13(3)34-23)20(27-21)15-8-7-9-16(10-15)26-18(31)11-25/h7-10,17,21H,6,11H2,1-5H3,(H,26,31)/t17-,21+/m1/s1. The molecule has 2 aromatic heterocycles. The first-order valence-electron chi connectivity index (χ1n) is 10.9. The Bertz CT molecular complexity index is 1300. The predicted molar refractivity (Wildman–Crippen MR) is 133 cm³/mol. The van der Waals surface area contributed by atoms with Crippen molar-refractivity contribution < 1.29 is 14.3 Å². The summed E-state index contributed by atoms with van der Waals surface area (Å²) in [5, 5.41) is 12.5. The summed E-state index contributed by atoms with van der Waals surface area (Å²) in [6.07, 6.45) is 0.525. The van der Waals surface area contributed by atoms with Crippen LogP contribution in [0.3, 0.4) is 0 Å². The molecule has 3 heterocycles. The summed E-state index contributed by atoms with van der Waals surface area (Å²) in [5.41, 5.74) is 4.23. The molecule has 2 atom stereocenters. The number of aromatic nitrogens is 3. The molecule has 1 amide bonds. The number of hydrogen-bond acceptors (Lipinski definition) is 7.